The number of aromatic nitrogens is 3. The number of hydrogen-bond donors (Lipinski definition) is 1. The van der Waals surface area contributed by atoms with Gasteiger partial charge in [0.05, 0.1) is 23.6 Å². The third-order valence-electron chi connectivity index (χ3n) is 2.94. The molecule has 2 rings (SSSR count). The van der Waals surface area contributed by atoms with Crippen LogP contribution < -0.4 is 5.84 Å². The summed E-state index contributed by atoms with van der Waals surface area (Å²) in [6, 6.07) is 1.84. The monoisotopic (exact) mass is 262 g/mol. The largest absolute Gasteiger partial charge is 0.462 e. The van der Waals surface area contributed by atoms with E-state index in [1.165, 1.54) is 4.68 Å². The van der Waals surface area contributed by atoms with E-state index in [-0.39, 0.29) is 5.97 Å². The molecule has 0 bridgehead atoms. The van der Waals surface area contributed by atoms with Crippen molar-refractivity contribution in [1.29, 1.82) is 0 Å². The van der Waals surface area contributed by atoms with Gasteiger partial charge in [-0.15, -0.1) is 0 Å². The molecule has 0 aliphatic rings. The summed E-state index contributed by atoms with van der Waals surface area (Å²) in [5.41, 5.74) is 2.67. The van der Waals surface area contributed by atoms with Crippen LogP contribution in [0.5, 0.6) is 0 Å². The number of hydrogen-bond acceptors (Lipinski definition) is 4. The van der Waals surface area contributed by atoms with Crippen LogP contribution in [0.2, 0.25) is 0 Å². The van der Waals surface area contributed by atoms with Gasteiger partial charge in [0.25, 0.3) is 0 Å². The van der Waals surface area contributed by atoms with Crippen LogP contribution in [0.1, 0.15) is 29.9 Å². The number of nitrogen functional groups attached to an aromatic ring is 1. The summed E-state index contributed by atoms with van der Waals surface area (Å²) >= 11 is 0. The van der Waals surface area contributed by atoms with Crippen molar-refractivity contribution in [2.75, 3.05) is 12.4 Å². The molecule has 6 nitrogen and oxygen atoms in total. The van der Waals surface area contributed by atoms with Gasteiger partial charge in [-0.25, -0.2) is 4.79 Å². The molecular weight excluding hydrogens is 244 g/mol. The van der Waals surface area contributed by atoms with Crippen molar-refractivity contribution in [1.82, 2.24) is 14.5 Å². The van der Waals surface area contributed by atoms with Gasteiger partial charge in [0, 0.05) is 25.0 Å². The number of aryl methyl sites for hydroxylation is 1. The van der Waals surface area contributed by atoms with Gasteiger partial charge in [0.15, 0.2) is 0 Å². The highest BCUT2D eigenvalue weighted by molar-refractivity contribution is 5.98. The highest BCUT2D eigenvalue weighted by Crippen LogP contribution is 2.27. The molecular formula is C13H18N4O2. The molecule has 0 unspecified atom stereocenters. The first-order valence-corrected chi connectivity index (χ1v) is 6.24. The topological polar surface area (TPSA) is 75.1 Å². The maximum absolute atomic E-state index is 12.1. The van der Waals surface area contributed by atoms with Gasteiger partial charge < -0.3 is 10.6 Å². The first-order chi connectivity index (χ1) is 9.08. The number of carbonyl (C=O) groups excluding carboxylic acids is 1. The number of ether oxygens (including phenoxy) is 1. The Morgan fingerprint density at radius 3 is 2.74 bits per heavy atom. The molecule has 2 heterocycles. The summed E-state index contributed by atoms with van der Waals surface area (Å²) in [5, 5.41) is 4.31. The Morgan fingerprint density at radius 2 is 2.21 bits per heavy atom. The summed E-state index contributed by atoms with van der Waals surface area (Å²) < 4.78 is 8.26. The molecule has 0 aliphatic heterocycles. The first kappa shape index (κ1) is 13.2. The second-order valence-electron chi connectivity index (χ2n) is 4.22. The average Bonchev–Trinajstić information content (AvgIpc) is 2.92. The van der Waals surface area contributed by atoms with E-state index >= 15 is 0 Å². The highest BCUT2D eigenvalue weighted by atomic mass is 16.5. The molecule has 2 aromatic heterocycles. The molecule has 0 radical (unpaired) electrons. The van der Waals surface area contributed by atoms with Crippen molar-refractivity contribution in [2.24, 2.45) is 7.05 Å². The van der Waals surface area contributed by atoms with Gasteiger partial charge >= 0.3 is 5.97 Å². The Labute approximate surface area is 111 Å². The third kappa shape index (κ3) is 2.33. The molecule has 0 atom stereocenters. The number of esters is 1. The van der Waals surface area contributed by atoms with Gasteiger partial charge in [-0.3, -0.25) is 9.36 Å². The fourth-order valence-corrected chi connectivity index (χ4v) is 2.11. The normalized spacial score (nSPS) is 10.7. The van der Waals surface area contributed by atoms with E-state index in [0.29, 0.717) is 29.8 Å². The van der Waals surface area contributed by atoms with Crippen LogP contribution in [0.4, 0.5) is 0 Å². The maximum atomic E-state index is 12.1. The van der Waals surface area contributed by atoms with Crippen LogP contribution in [0.3, 0.4) is 0 Å². The van der Waals surface area contributed by atoms with Gasteiger partial charge in [-0.05, 0) is 19.4 Å². The van der Waals surface area contributed by atoms with Crippen molar-refractivity contribution < 1.29 is 9.53 Å². The van der Waals surface area contributed by atoms with E-state index in [9.17, 15) is 4.79 Å². The SMILES string of the molecule is CCOC(=O)c1c(-c2ccn(C)n2)cn(N)c1CC. The lowest BCUT2D eigenvalue weighted by molar-refractivity contribution is 0.0526. The van der Waals surface area contributed by atoms with E-state index in [2.05, 4.69) is 5.10 Å². The Morgan fingerprint density at radius 1 is 1.47 bits per heavy atom. The van der Waals surface area contributed by atoms with Crippen LogP contribution in [-0.4, -0.2) is 27.0 Å². The quantitative estimate of drug-likeness (QED) is 0.666. The molecule has 0 saturated heterocycles. The van der Waals surface area contributed by atoms with E-state index in [0.717, 1.165) is 5.69 Å². The minimum Gasteiger partial charge on any atom is -0.462 e. The van der Waals surface area contributed by atoms with E-state index < -0.39 is 0 Å². The lowest BCUT2D eigenvalue weighted by Gasteiger charge is -2.05. The van der Waals surface area contributed by atoms with Crippen molar-refractivity contribution in [3.8, 4) is 11.3 Å². The number of nitrogens with two attached hydrogens (primary N) is 1. The van der Waals surface area contributed by atoms with Gasteiger partial charge in [0.2, 0.25) is 0 Å². The average molecular weight is 262 g/mol. The van der Waals surface area contributed by atoms with Gasteiger partial charge in [-0.2, -0.15) is 5.10 Å². The van der Waals surface area contributed by atoms with E-state index in [4.69, 9.17) is 10.6 Å². The van der Waals surface area contributed by atoms with E-state index in [1.54, 1.807) is 17.8 Å². The summed E-state index contributed by atoms with van der Waals surface area (Å²) in [6.07, 6.45) is 4.19. The highest BCUT2D eigenvalue weighted by Gasteiger charge is 2.23. The number of carbonyl (C=O) groups is 1. The molecule has 0 aromatic carbocycles. The fraction of sp³-hybridized carbons (Fsp3) is 0.385. The molecule has 0 spiro atoms. The molecule has 0 amide bonds. The standard InChI is InChI=1S/C13H18N4O2/c1-4-11-12(13(18)19-5-2)9(8-17(11)14)10-6-7-16(3)15-10/h6-8H,4-5,14H2,1-3H3. The van der Waals surface area contributed by atoms with Crippen LogP contribution in [-0.2, 0) is 18.2 Å². The summed E-state index contributed by atoms with van der Waals surface area (Å²) in [7, 11) is 1.83. The Balaban J connectivity index is 2.57. The van der Waals surface area contributed by atoms with Crippen molar-refractivity contribution in [3.05, 3.63) is 29.7 Å². The number of nitrogens with zero attached hydrogens (tertiary/aromatic N) is 3. The minimum absolute atomic E-state index is 0.333. The minimum atomic E-state index is -0.357. The molecule has 0 saturated carbocycles. The number of rotatable bonds is 4. The summed E-state index contributed by atoms with van der Waals surface area (Å²) in [4.78, 5) is 12.1. The van der Waals surface area contributed by atoms with Crippen molar-refractivity contribution >= 4 is 5.97 Å². The molecule has 0 fully saturated rings. The smallest absolute Gasteiger partial charge is 0.340 e. The summed E-state index contributed by atoms with van der Waals surface area (Å²) in [6.45, 7) is 4.06. The van der Waals surface area contributed by atoms with Crippen molar-refractivity contribution in [3.63, 3.8) is 0 Å². The van der Waals surface area contributed by atoms with Crippen molar-refractivity contribution in [2.45, 2.75) is 20.3 Å². The first-order valence-electron chi connectivity index (χ1n) is 6.24. The predicted octanol–water partition coefficient (Wildman–Crippen LogP) is 1.34. The zero-order valence-electron chi connectivity index (χ0n) is 11.4. The van der Waals surface area contributed by atoms with Gasteiger partial charge in [0.1, 0.15) is 0 Å². The van der Waals surface area contributed by atoms with E-state index in [1.807, 2.05) is 26.2 Å². The lowest BCUT2D eigenvalue weighted by Crippen LogP contribution is -2.14. The van der Waals surface area contributed by atoms with Crippen LogP contribution >= 0.6 is 0 Å². The van der Waals surface area contributed by atoms with Gasteiger partial charge in [-0.1, -0.05) is 6.92 Å². The maximum Gasteiger partial charge on any atom is 0.340 e. The van der Waals surface area contributed by atoms with Crippen LogP contribution in [0, 0.1) is 0 Å². The molecule has 6 heteroatoms. The van der Waals surface area contributed by atoms with Crippen LogP contribution in [0.25, 0.3) is 11.3 Å². The fourth-order valence-electron chi connectivity index (χ4n) is 2.11. The molecule has 2 N–H and O–H groups in total. The van der Waals surface area contributed by atoms with Crippen LogP contribution in [0.15, 0.2) is 18.5 Å². The zero-order chi connectivity index (χ0) is 14.0. The second kappa shape index (κ2) is 5.17. The Hall–Kier alpha value is -2.24. The predicted molar refractivity (Wildman–Crippen MR) is 72.1 cm³/mol. The molecule has 102 valence electrons. The Bertz CT molecular complexity index is 598. The Kier molecular flexibility index (Phi) is 3.59. The molecule has 2 aromatic rings. The molecule has 19 heavy (non-hydrogen) atoms. The zero-order valence-corrected chi connectivity index (χ0v) is 11.4. The summed E-state index contributed by atoms with van der Waals surface area (Å²) in [5.74, 6) is 5.55. The lowest BCUT2D eigenvalue weighted by atomic mass is 10.1. The molecule has 0 aliphatic carbocycles. The third-order valence-corrected chi connectivity index (χ3v) is 2.94. The second-order valence-corrected chi connectivity index (χ2v) is 4.22.